The van der Waals surface area contributed by atoms with Crippen LogP contribution in [0.3, 0.4) is 0 Å². The number of anilines is 1. The SMILES string of the molecule is CCOc1ccc(CCCNC(=O)CN(c2ccccc2)S(=O)(=O)c2ccc(C)cc2)cc1. The molecule has 0 spiro atoms. The third-order valence-electron chi connectivity index (χ3n) is 5.14. The highest BCUT2D eigenvalue weighted by atomic mass is 32.2. The first-order valence-electron chi connectivity index (χ1n) is 11.0. The van der Waals surface area contributed by atoms with Crippen molar-refractivity contribution in [2.45, 2.75) is 31.6 Å². The molecule has 1 amide bonds. The molecule has 0 saturated heterocycles. The van der Waals surface area contributed by atoms with Crippen molar-refractivity contribution in [2.24, 2.45) is 0 Å². The molecule has 0 radical (unpaired) electrons. The highest BCUT2D eigenvalue weighted by Gasteiger charge is 2.26. The third-order valence-corrected chi connectivity index (χ3v) is 6.93. The minimum absolute atomic E-state index is 0.153. The van der Waals surface area contributed by atoms with Gasteiger partial charge in [-0.25, -0.2) is 8.42 Å². The van der Waals surface area contributed by atoms with Gasteiger partial charge in [-0.3, -0.25) is 9.10 Å². The second kappa shape index (κ2) is 11.5. The maximum atomic E-state index is 13.3. The van der Waals surface area contributed by atoms with Gasteiger partial charge in [-0.15, -0.1) is 0 Å². The number of ether oxygens (including phenoxy) is 1. The smallest absolute Gasteiger partial charge is 0.264 e. The highest BCUT2D eigenvalue weighted by Crippen LogP contribution is 2.23. The Labute approximate surface area is 196 Å². The summed E-state index contributed by atoms with van der Waals surface area (Å²) in [6, 6.07) is 23.2. The molecule has 3 aromatic carbocycles. The van der Waals surface area contributed by atoms with Gasteiger partial charge in [0.2, 0.25) is 5.91 Å². The number of hydrogen-bond acceptors (Lipinski definition) is 4. The Bertz CT molecular complexity index is 1130. The van der Waals surface area contributed by atoms with E-state index in [0.717, 1.165) is 34.0 Å². The molecule has 33 heavy (non-hydrogen) atoms. The van der Waals surface area contributed by atoms with Gasteiger partial charge in [-0.05, 0) is 68.7 Å². The zero-order valence-corrected chi connectivity index (χ0v) is 19.8. The van der Waals surface area contributed by atoms with Crippen LogP contribution in [0.15, 0.2) is 83.8 Å². The summed E-state index contributed by atoms with van der Waals surface area (Å²) in [6.07, 6.45) is 1.55. The Balaban J connectivity index is 1.61. The Morgan fingerprint density at radius 3 is 2.24 bits per heavy atom. The molecule has 0 fully saturated rings. The van der Waals surface area contributed by atoms with Crippen LogP contribution in [-0.2, 0) is 21.2 Å². The molecule has 0 saturated carbocycles. The Hall–Kier alpha value is -3.32. The van der Waals surface area contributed by atoms with Crippen molar-refractivity contribution in [3.8, 4) is 5.75 Å². The lowest BCUT2D eigenvalue weighted by Crippen LogP contribution is -2.41. The molecule has 0 bridgehead atoms. The number of benzene rings is 3. The van der Waals surface area contributed by atoms with E-state index in [1.54, 1.807) is 54.6 Å². The first kappa shape index (κ1) is 24.3. The van der Waals surface area contributed by atoms with Crippen molar-refractivity contribution in [3.05, 3.63) is 90.0 Å². The van der Waals surface area contributed by atoms with Crippen molar-refractivity contribution in [1.82, 2.24) is 5.32 Å². The first-order valence-corrected chi connectivity index (χ1v) is 12.5. The lowest BCUT2D eigenvalue weighted by atomic mass is 10.1. The molecule has 3 rings (SSSR count). The topological polar surface area (TPSA) is 75.7 Å². The molecule has 0 aliphatic heterocycles. The average Bonchev–Trinajstić information content (AvgIpc) is 2.82. The summed E-state index contributed by atoms with van der Waals surface area (Å²) in [4.78, 5) is 12.8. The minimum atomic E-state index is -3.89. The summed E-state index contributed by atoms with van der Waals surface area (Å²) < 4.78 is 33.2. The standard InChI is InChI=1S/C26H30N2O4S/c1-3-32-24-15-13-22(14-16-24)8-7-19-27-26(29)20-28(23-9-5-4-6-10-23)33(30,31)25-17-11-21(2)12-18-25/h4-6,9-18H,3,7-8,19-20H2,1-2H3,(H,27,29). The molecule has 0 unspecified atom stereocenters. The Morgan fingerprint density at radius 1 is 0.939 bits per heavy atom. The predicted octanol–water partition coefficient (Wildman–Crippen LogP) is 4.34. The van der Waals surface area contributed by atoms with E-state index >= 15 is 0 Å². The quantitative estimate of drug-likeness (QED) is 0.427. The monoisotopic (exact) mass is 466 g/mol. The van der Waals surface area contributed by atoms with E-state index in [4.69, 9.17) is 4.74 Å². The normalized spacial score (nSPS) is 11.1. The molecule has 0 aliphatic carbocycles. The fourth-order valence-corrected chi connectivity index (χ4v) is 4.79. The van der Waals surface area contributed by atoms with Crippen LogP contribution in [0.2, 0.25) is 0 Å². The highest BCUT2D eigenvalue weighted by molar-refractivity contribution is 7.92. The van der Waals surface area contributed by atoms with Gasteiger partial charge in [0.05, 0.1) is 17.2 Å². The van der Waals surface area contributed by atoms with Crippen molar-refractivity contribution in [1.29, 1.82) is 0 Å². The molecule has 3 aromatic rings. The van der Waals surface area contributed by atoms with Crippen LogP contribution >= 0.6 is 0 Å². The van der Waals surface area contributed by atoms with E-state index in [1.807, 2.05) is 38.1 Å². The van der Waals surface area contributed by atoms with Crippen molar-refractivity contribution in [3.63, 3.8) is 0 Å². The van der Waals surface area contributed by atoms with E-state index < -0.39 is 10.0 Å². The summed E-state index contributed by atoms with van der Waals surface area (Å²) in [5.74, 6) is 0.492. The van der Waals surface area contributed by atoms with E-state index in [2.05, 4.69) is 5.32 Å². The summed E-state index contributed by atoms with van der Waals surface area (Å²) in [6.45, 7) is 4.64. The maximum Gasteiger partial charge on any atom is 0.264 e. The molecule has 7 heteroatoms. The molecule has 0 aromatic heterocycles. The van der Waals surface area contributed by atoms with Gasteiger partial charge in [0.1, 0.15) is 12.3 Å². The molecule has 0 aliphatic rings. The fraction of sp³-hybridized carbons (Fsp3) is 0.269. The number of nitrogens with zero attached hydrogens (tertiary/aromatic N) is 1. The minimum Gasteiger partial charge on any atom is -0.494 e. The van der Waals surface area contributed by atoms with Crippen LogP contribution in [-0.4, -0.2) is 34.0 Å². The number of carbonyl (C=O) groups excluding carboxylic acids is 1. The van der Waals surface area contributed by atoms with Gasteiger partial charge in [0.15, 0.2) is 0 Å². The first-order chi connectivity index (χ1) is 15.9. The zero-order valence-electron chi connectivity index (χ0n) is 19.0. The van der Waals surface area contributed by atoms with E-state index in [0.29, 0.717) is 18.8 Å². The summed E-state index contributed by atoms with van der Waals surface area (Å²) in [7, 11) is -3.89. The number of hydrogen-bond donors (Lipinski definition) is 1. The molecule has 6 nitrogen and oxygen atoms in total. The molecule has 174 valence electrons. The Kier molecular flexibility index (Phi) is 8.49. The number of nitrogens with one attached hydrogen (secondary N) is 1. The molecule has 0 heterocycles. The second-order valence-corrected chi connectivity index (χ2v) is 9.55. The van der Waals surface area contributed by atoms with E-state index in [-0.39, 0.29) is 17.3 Å². The number of amides is 1. The molecular formula is C26H30N2O4S. The molecular weight excluding hydrogens is 436 g/mol. The molecule has 1 N–H and O–H groups in total. The average molecular weight is 467 g/mol. The van der Waals surface area contributed by atoms with Crippen LogP contribution in [0.4, 0.5) is 5.69 Å². The van der Waals surface area contributed by atoms with Crippen molar-refractivity contribution in [2.75, 3.05) is 24.0 Å². The number of sulfonamides is 1. The van der Waals surface area contributed by atoms with Crippen LogP contribution in [0.5, 0.6) is 5.75 Å². The summed E-state index contributed by atoms with van der Waals surface area (Å²) in [5.41, 5.74) is 2.56. The third kappa shape index (κ3) is 6.83. The van der Waals surface area contributed by atoms with E-state index in [1.165, 1.54) is 0 Å². The van der Waals surface area contributed by atoms with Gasteiger partial charge in [-0.2, -0.15) is 0 Å². The van der Waals surface area contributed by atoms with Gasteiger partial charge in [0, 0.05) is 6.54 Å². The number of para-hydroxylation sites is 1. The van der Waals surface area contributed by atoms with E-state index in [9.17, 15) is 13.2 Å². The van der Waals surface area contributed by atoms with Crippen LogP contribution in [0.25, 0.3) is 0 Å². The van der Waals surface area contributed by atoms with Gasteiger partial charge < -0.3 is 10.1 Å². The van der Waals surface area contributed by atoms with Crippen LogP contribution in [0, 0.1) is 6.92 Å². The van der Waals surface area contributed by atoms with Gasteiger partial charge in [-0.1, -0.05) is 48.0 Å². The van der Waals surface area contributed by atoms with Gasteiger partial charge >= 0.3 is 0 Å². The largest absolute Gasteiger partial charge is 0.494 e. The summed E-state index contributed by atoms with van der Waals surface area (Å²) >= 11 is 0. The van der Waals surface area contributed by atoms with Crippen molar-refractivity contribution < 1.29 is 17.9 Å². The predicted molar refractivity (Wildman–Crippen MR) is 131 cm³/mol. The fourth-order valence-electron chi connectivity index (χ4n) is 3.37. The van der Waals surface area contributed by atoms with Crippen molar-refractivity contribution >= 4 is 21.6 Å². The molecule has 0 atom stereocenters. The van der Waals surface area contributed by atoms with Crippen LogP contribution < -0.4 is 14.4 Å². The zero-order chi connectivity index (χ0) is 23.7. The maximum absolute atomic E-state index is 13.3. The number of rotatable bonds is 11. The Morgan fingerprint density at radius 2 is 1.61 bits per heavy atom. The summed E-state index contributed by atoms with van der Waals surface area (Å²) in [5, 5.41) is 2.85. The number of carbonyl (C=O) groups is 1. The van der Waals surface area contributed by atoms with Gasteiger partial charge in [0.25, 0.3) is 10.0 Å². The van der Waals surface area contributed by atoms with Crippen LogP contribution in [0.1, 0.15) is 24.5 Å². The number of aryl methyl sites for hydroxylation is 2. The lowest BCUT2D eigenvalue weighted by Gasteiger charge is -2.24. The lowest BCUT2D eigenvalue weighted by molar-refractivity contribution is -0.119. The second-order valence-electron chi connectivity index (χ2n) is 7.69.